The molecule has 2 aromatic rings. The molecule has 1 saturated carbocycles. The second kappa shape index (κ2) is 7.82. The van der Waals surface area contributed by atoms with E-state index in [0.29, 0.717) is 24.0 Å². The average molecular weight is 425 g/mol. The van der Waals surface area contributed by atoms with Crippen molar-refractivity contribution in [3.8, 4) is 0 Å². The highest BCUT2D eigenvalue weighted by Gasteiger charge is 2.43. The van der Waals surface area contributed by atoms with Crippen LogP contribution >= 0.6 is 0 Å². The summed E-state index contributed by atoms with van der Waals surface area (Å²) >= 11 is 0. The molecule has 1 aliphatic rings. The van der Waals surface area contributed by atoms with E-state index < -0.39 is 27.0 Å². The molecular weight excluding hydrogens is 403 g/mol. The minimum atomic E-state index is -4.46. The molecule has 0 aromatic heterocycles. The summed E-state index contributed by atoms with van der Waals surface area (Å²) in [7, 11) is -3.31. The van der Waals surface area contributed by atoms with Crippen LogP contribution in [0.15, 0.2) is 53.4 Å². The molecular formula is C21H22F3NO3S. The minimum absolute atomic E-state index is 0.170. The van der Waals surface area contributed by atoms with E-state index in [0.717, 1.165) is 31.2 Å². The summed E-state index contributed by atoms with van der Waals surface area (Å²) < 4.78 is 62.4. The van der Waals surface area contributed by atoms with Crippen LogP contribution in [0, 0.1) is 0 Å². The molecule has 0 spiro atoms. The molecule has 3 rings (SSSR count). The normalized spacial score (nSPS) is 16.6. The van der Waals surface area contributed by atoms with Crippen molar-refractivity contribution in [1.29, 1.82) is 0 Å². The van der Waals surface area contributed by atoms with E-state index in [1.165, 1.54) is 18.2 Å². The lowest BCUT2D eigenvalue weighted by atomic mass is 9.77. The van der Waals surface area contributed by atoms with Gasteiger partial charge in [0.25, 0.3) is 0 Å². The van der Waals surface area contributed by atoms with Crippen molar-refractivity contribution in [3.63, 3.8) is 0 Å². The van der Waals surface area contributed by atoms with Gasteiger partial charge in [-0.1, -0.05) is 43.2 Å². The molecule has 1 fully saturated rings. The lowest BCUT2D eigenvalue weighted by Gasteiger charge is -2.29. The Morgan fingerprint density at radius 2 is 1.69 bits per heavy atom. The summed E-state index contributed by atoms with van der Waals surface area (Å²) in [6.07, 6.45) is -0.823. The summed E-state index contributed by atoms with van der Waals surface area (Å²) in [5.74, 6) is -0.304. The van der Waals surface area contributed by atoms with Crippen molar-refractivity contribution in [2.24, 2.45) is 0 Å². The molecule has 8 heteroatoms. The highest BCUT2D eigenvalue weighted by atomic mass is 32.2. The Hall–Kier alpha value is -2.35. The van der Waals surface area contributed by atoms with Gasteiger partial charge in [-0.05, 0) is 42.2 Å². The summed E-state index contributed by atoms with van der Waals surface area (Å²) in [5.41, 5.74) is -0.642. The number of halogens is 3. The number of hydrogen-bond acceptors (Lipinski definition) is 3. The molecule has 0 bridgehead atoms. The molecule has 0 heterocycles. The van der Waals surface area contributed by atoms with Crippen molar-refractivity contribution < 1.29 is 26.4 Å². The summed E-state index contributed by atoms with van der Waals surface area (Å²) in [6.45, 7) is 0.170. The first-order valence-electron chi connectivity index (χ1n) is 9.27. The van der Waals surface area contributed by atoms with Gasteiger partial charge in [0.15, 0.2) is 9.84 Å². The van der Waals surface area contributed by atoms with Gasteiger partial charge in [0.1, 0.15) is 0 Å². The van der Waals surface area contributed by atoms with Crippen LogP contribution in [0.2, 0.25) is 0 Å². The van der Waals surface area contributed by atoms with Gasteiger partial charge in [0, 0.05) is 12.8 Å². The van der Waals surface area contributed by atoms with Crippen molar-refractivity contribution in [3.05, 3.63) is 65.2 Å². The zero-order chi connectivity index (χ0) is 21.3. The smallest absolute Gasteiger partial charge is 0.351 e. The molecule has 29 heavy (non-hydrogen) atoms. The Labute approximate surface area is 168 Å². The van der Waals surface area contributed by atoms with E-state index in [1.54, 1.807) is 18.2 Å². The van der Waals surface area contributed by atoms with Crippen LogP contribution in [0.4, 0.5) is 13.2 Å². The van der Waals surface area contributed by atoms with Gasteiger partial charge < -0.3 is 5.32 Å². The van der Waals surface area contributed by atoms with Gasteiger partial charge >= 0.3 is 6.18 Å². The highest BCUT2D eigenvalue weighted by molar-refractivity contribution is 7.90. The maximum absolute atomic E-state index is 13.1. The summed E-state index contributed by atoms with van der Waals surface area (Å²) in [4.78, 5) is 13.2. The van der Waals surface area contributed by atoms with Gasteiger partial charge in [0.2, 0.25) is 5.91 Å². The van der Waals surface area contributed by atoms with E-state index in [4.69, 9.17) is 0 Å². The first-order chi connectivity index (χ1) is 13.5. The fraction of sp³-hybridized carbons (Fsp3) is 0.381. The summed E-state index contributed by atoms with van der Waals surface area (Å²) in [5, 5.41) is 2.83. The van der Waals surface area contributed by atoms with Crippen LogP contribution in [0.3, 0.4) is 0 Å². The monoisotopic (exact) mass is 425 g/mol. The topological polar surface area (TPSA) is 63.2 Å². The fourth-order valence-corrected chi connectivity index (χ4v) is 4.46. The number of sulfone groups is 1. The molecule has 1 aliphatic carbocycles. The molecule has 156 valence electrons. The number of rotatable bonds is 5. The van der Waals surface area contributed by atoms with E-state index in [2.05, 4.69) is 5.32 Å². The number of carbonyl (C=O) groups excluding carboxylic acids is 1. The molecule has 0 atom stereocenters. The summed E-state index contributed by atoms with van der Waals surface area (Å²) in [6, 6.07) is 11.2. The maximum atomic E-state index is 13.1. The zero-order valence-corrected chi connectivity index (χ0v) is 16.7. The van der Waals surface area contributed by atoms with Gasteiger partial charge in [-0.15, -0.1) is 0 Å². The quantitative estimate of drug-likeness (QED) is 0.780. The van der Waals surface area contributed by atoms with E-state index in [-0.39, 0.29) is 17.3 Å². The van der Waals surface area contributed by atoms with Crippen LogP contribution in [-0.4, -0.2) is 20.6 Å². The van der Waals surface area contributed by atoms with Crippen molar-refractivity contribution >= 4 is 15.7 Å². The number of hydrogen-bond donors (Lipinski definition) is 1. The predicted molar refractivity (Wildman–Crippen MR) is 103 cm³/mol. The zero-order valence-electron chi connectivity index (χ0n) is 15.9. The second-order valence-electron chi connectivity index (χ2n) is 7.47. The van der Waals surface area contributed by atoms with E-state index >= 15 is 0 Å². The van der Waals surface area contributed by atoms with Crippen LogP contribution in [0.5, 0.6) is 0 Å². The molecule has 0 radical (unpaired) electrons. The van der Waals surface area contributed by atoms with Crippen LogP contribution in [-0.2, 0) is 32.8 Å². The Balaban J connectivity index is 1.80. The molecule has 4 nitrogen and oxygen atoms in total. The third-order valence-electron chi connectivity index (χ3n) is 5.44. The van der Waals surface area contributed by atoms with Crippen molar-refractivity contribution in [2.75, 3.05) is 6.26 Å². The number of carbonyl (C=O) groups is 1. The fourth-order valence-electron chi connectivity index (χ4n) is 3.82. The highest BCUT2D eigenvalue weighted by Crippen LogP contribution is 2.43. The predicted octanol–water partition coefficient (Wildman–Crippen LogP) is 4.24. The Morgan fingerprint density at radius 3 is 2.24 bits per heavy atom. The molecule has 1 N–H and O–H groups in total. The number of amides is 1. The standard InChI is InChI=1S/C21H22F3NO3S/c1-29(27,28)18-9-7-15(8-10-18)14-25-19(26)20(11-2-3-12-20)16-5-4-6-17(13-16)21(22,23)24/h4-10,13H,2-3,11-12,14H2,1H3,(H,25,26). The molecule has 1 amide bonds. The maximum Gasteiger partial charge on any atom is 0.416 e. The molecule has 2 aromatic carbocycles. The Kier molecular flexibility index (Phi) is 5.76. The Morgan fingerprint density at radius 1 is 1.07 bits per heavy atom. The van der Waals surface area contributed by atoms with Crippen molar-refractivity contribution in [2.45, 2.75) is 48.7 Å². The largest absolute Gasteiger partial charge is 0.416 e. The first kappa shape index (κ1) is 21.4. The second-order valence-corrected chi connectivity index (χ2v) is 9.48. The molecule has 0 aliphatic heterocycles. The Bertz CT molecular complexity index is 993. The third kappa shape index (κ3) is 4.63. The number of alkyl halides is 3. The lowest BCUT2D eigenvalue weighted by Crippen LogP contribution is -2.42. The number of benzene rings is 2. The average Bonchev–Trinajstić information content (AvgIpc) is 3.16. The molecule has 0 saturated heterocycles. The van der Waals surface area contributed by atoms with Crippen LogP contribution < -0.4 is 5.32 Å². The van der Waals surface area contributed by atoms with Crippen LogP contribution in [0.25, 0.3) is 0 Å². The molecule has 0 unspecified atom stereocenters. The minimum Gasteiger partial charge on any atom is -0.351 e. The van der Waals surface area contributed by atoms with Gasteiger partial charge in [0.05, 0.1) is 15.9 Å². The first-order valence-corrected chi connectivity index (χ1v) is 11.2. The van der Waals surface area contributed by atoms with Crippen LogP contribution in [0.1, 0.15) is 42.4 Å². The van der Waals surface area contributed by atoms with E-state index in [9.17, 15) is 26.4 Å². The SMILES string of the molecule is CS(=O)(=O)c1ccc(CNC(=O)C2(c3cccc(C(F)(F)F)c3)CCCC2)cc1. The third-order valence-corrected chi connectivity index (χ3v) is 6.57. The van der Waals surface area contributed by atoms with Gasteiger partial charge in [-0.25, -0.2) is 8.42 Å². The number of nitrogens with one attached hydrogen (secondary N) is 1. The van der Waals surface area contributed by atoms with E-state index in [1.807, 2.05) is 0 Å². The lowest BCUT2D eigenvalue weighted by molar-refractivity contribution is -0.138. The van der Waals surface area contributed by atoms with Crippen molar-refractivity contribution in [1.82, 2.24) is 5.32 Å². The van der Waals surface area contributed by atoms with Gasteiger partial charge in [-0.3, -0.25) is 4.79 Å². The van der Waals surface area contributed by atoms with Gasteiger partial charge in [-0.2, -0.15) is 13.2 Å².